The standard InChI is InChI=1S/C48H49NS/c1-46(2)22-23-47(3,4)43-29-38(18-20-40(43)46)49(37-16-14-34(15-17-37)33-10-6-5-7-11-33)39-19-21-42-45(30-39)50-44-13-9-8-12-41(44)48(42)35-25-31-24-32(27-35)28-36(48)26-31/h5-21,29-32,35-36H,22-28H2,1-4H3. The number of benzene rings is 5. The van der Waals surface area contributed by atoms with Crippen molar-refractivity contribution in [3.05, 3.63) is 138 Å². The molecule has 5 aromatic rings. The van der Waals surface area contributed by atoms with Gasteiger partial charge in [0, 0.05) is 32.3 Å². The Hall–Kier alpha value is -3.75. The maximum atomic E-state index is 2.58. The smallest absolute Gasteiger partial charge is 0.0473 e. The molecule has 0 saturated heterocycles. The molecule has 0 radical (unpaired) electrons. The van der Waals surface area contributed by atoms with Crippen molar-refractivity contribution in [2.75, 3.05) is 4.90 Å². The third kappa shape index (κ3) is 4.59. The van der Waals surface area contributed by atoms with Crippen LogP contribution in [0, 0.1) is 23.7 Å². The summed E-state index contributed by atoms with van der Waals surface area (Å²) in [6, 6.07) is 44.5. The van der Waals surface area contributed by atoms with Crippen molar-refractivity contribution in [2.24, 2.45) is 23.7 Å². The van der Waals surface area contributed by atoms with Crippen molar-refractivity contribution in [2.45, 2.75) is 98.7 Å². The molecule has 1 heterocycles. The van der Waals surface area contributed by atoms with Gasteiger partial charge in [-0.1, -0.05) is 112 Å². The van der Waals surface area contributed by atoms with E-state index in [1.165, 1.54) is 94.1 Å². The summed E-state index contributed by atoms with van der Waals surface area (Å²) >= 11 is 2.02. The molecular weight excluding hydrogens is 623 g/mol. The van der Waals surface area contributed by atoms with E-state index in [-0.39, 0.29) is 16.2 Å². The Morgan fingerprint density at radius 2 is 1.02 bits per heavy atom. The van der Waals surface area contributed by atoms with Crippen LogP contribution >= 0.6 is 11.8 Å². The van der Waals surface area contributed by atoms with Crippen molar-refractivity contribution >= 4 is 28.8 Å². The summed E-state index contributed by atoms with van der Waals surface area (Å²) in [7, 11) is 0. The molecule has 4 fully saturated rings. The van der Waals surface area contributed by atoms with Crippen LogP contribution in [0.4, 0.5) is 17.1 Å². The van der Waals surface area contributed by atoms with Crippen molar-refractivity contribution in [3.63, 3.8) is 0 Å². The van der Waals surface area contributed by atoms with Crippen LogP contribution in [0.1, 0.15) is 94.9 Å². The van der Waals surface area contributed by atoms with Crippen molar-refractivity contribution < 1.29 is 0 Å². The van der Waals surface area contributed by atoms with Crippen LogP contribution in [0.15, 0.2) is 125 Å². The Bertz CT molecular complexity index is 2080. The maximum Gasteiger partial charge on any atom is 0.0473 e. The molecule has 0 aromatic heterocycles. The van der Waals surface area contributed by atoms with Crippen molar-refractivity contribution in [3.8, 4) is 11.1 Å². The summed E-state index contributed by atoms with van der Waals surface area (Å²) in [5.74, 6) is 3.41. The van der Waals surface area contributed by atoms with Crippen LogP contribution in [0.2, 0.25) is 0 Å². The third-order valence-electron chi connectivity index (χ3n) is 14.0. The molecule has 0 N–H and O–H groups in total. The van der Waals surface area contributed by atoms with Gasteiger partial charge < -0.3 is 4.90 Å². The fraction of sp³-hybridized carbons (Fsp3) is 0.375. The van der Waals surface area contributed by atoms with Crippen molar-refractivity contribution in [1.29, 1.82) is 0 Å². The van der Waals surface area contributed by atoms with Gasteiger partial charge in [-0.25, -0.2) is 0 Å². The first-order valence-corrected chi connectivity index (χ1v) is 20.0. The monoisotopic (exact) mass is 671 g/mol. The minimum Gasteiger partial charge on any atom is -0.310 e. The Morgan fingerprint density at radius 3 is 1.72 bits per heavy atom. The minimum atomic E-state index is 0.144. The normalized spacial score (nSPS) is 27.8. The molecule has 1 spiro atoms. The Morgan fingerprint density at radius 1 is 0.480 bits per heavy atom. The predicted octanol–water partition coefficient (Wildman–Crippen LogP) is 13.4. The first kappa shape index (κ1) is 31.0. The minimum absolute atomic E-state index is 0.144. The van der Waals surface area contributed by atoms with E-state index in [0.29, 0.717) is 0 Å². The molecule has 4 saturated carbocycles. The number of fused-ring (bicyclic) bond motifs is 3. The molecule has 5 aromatic carbocycles. The molecule has 0 unspecified atom stereocenters. The first-order valence-electron chi connectivity index (χ1n) is 19.2. The van der Waals surface area contributed by atoms with Gasteiger partial charge in [0.25, 0.3) is 0 Å². The average Bonchev–Trinajstić information content (AvgIpc) is 3.12. The molecule has 0 atom stereocenters. The highest BCUT2D eigenvalue weighted by molar-refractivity contribution is 7.99. The van der Waals surface area contributed by atoms with Gasteiger partial charge in [0.1, 0.15) is 0 Å². The first-order chi connectivity index (χ1) is 24.2. The van der Waals surface area contributed by atoms with Crippen molar-refractivity contribution in [1.82, 2.24) is 0 Å². The summed E-state index contributed by atoms with van der Waals surface area (Å²) in [6.07, 6.45) is 9.57. The van der Waals surface area contributed by atoms with E-state index < -0.39 is 0 Å². The third-order valence-corrected chi connectivity index (χ3v) is 15.1. The van der Waals surface area contributed by atoms with Gasteiger partial charge in [0.05, 0.1) is 0 Å². The van der Waals surface area contributed by atoms with Gasteiger partial charge in [-0.05, 0) is 155 Å². The van der Waals surface area contributed by atoms with Gasteiger partial charge >= 0.3 is 0 Å². The predicted molar refractivity (Wildman–Crippen MR) is 210 cm³/mol. The highest BCUT2D eigenvalue weighted by Crippen LogP contribution is 2.69. The van der Waals surface area contributed by atoms with Crippen LogP contribution in [0.25, 0.3) is 11.1 Å². The fourth-order valence-corrected chi connectivity index (χ4v) is 12.9. The SMILES string of the molecule is CC1(C)CCC(C)(C)c2cc(N(c3ccc(-c4ccccc4)cc3)c3ccc4c(c3)Sc3ccccc3C43C4CC5CC(C4)CC3C5)ccc21. The largest absolute Gasteiger partial charge is 0.310 e. The van der Waals surface area contributed by atoms with Gasteiger partial charge in [0.2, 0.25) is 0 Å². The topological polar surface area (TPSA) is 3.24 Å². The quantitative estimate of drug-likeness (QED) is 0.187. The van der Waals surface area contributed by atoms with Gasteiger partial charge in [-0.15, -0.1) is 0 Å². The summed E-state index contributed by atoms with van der Waals surface area (Å²) in [4.78, 5) is 5.50. The fourth-order valence-electron chi connectivity index (χ4n) is 11.6. The van der Waals surface area contributed by atoms with E-state index in [1.54, 1.807) is 11.1 Å². The van der Waals surface area contributed by atoms with E-state index in [1.807, 2.05) is 11.8 Å². The summed E-state index contributed by atoms with van der Waals surface area (Å²) in [6.45, 7) is 9.75. The van der Waals surface area contributed by atoms with E-state index >= 15 is 0 Å². The molecule has 1 nitrogen and oxygen atoms in total. The molecule has 4 bridgehead atoms. The zero-order valence-corrected chi connectivity index (χ0v) is 30.9. The molecule has 0 amide bonds. The number of anilines is 3. The van der Waals surface area contributed by atoms with Crippen LogP contribution in [-0.4, -0.2) is 0 Å². The molecule has 11 rings (SSSR count). The second-order valence-electron chi connectivity index (χ2n) is 17.7. The second-order valence-corrected chi connectivity index (χ2v) is 18.8. The summed E-state index contributed by atoms with van der Waals surface area (Å²) < 4.78 is 0. The van der Waals surface area contributed by atoms with Gasteiger partial charge in [-0.3, -0.25) is 0 Å². The van der Waals surface area contributed by atoms with Crippen LogP contribution in [0.5, 0.6) is 0 Å². The Kier molecular flexibility index (Phi) is 6.90. The highest BCUT2D eigenvalue weighted by atomic mass is 32.2. The highest BCUT2D eigenvalue weighted by Gasteiger charge is 2.60. The van der Waals surface area contributed by atoms with Crippen LogP contribution < -0.4 is 4.90 Å². The number of hydrogen-bond donors (Lipinski definition) is 0. The molecule has 2 heteroatoms. The molecule has 50 heavy (non-hydrogen) atoms. The van der Waals surface area contributed by atoms with E-state index in [0.717, 1.165) is 23.7 Å². The number of nitrogens with zero attached hydrogens (tertiary/aromatic N) is 1. The molecule has 252 valence electrons. The van der Waals surface area contributed by atoms with Crippen LogP contribution in [0.3, 0.4) is 0 Å². The summed E-state index contributed by atoms with van der Waals surface area (Å²) in [5, 5.41) is 0. The Labute approximate surface area is 303 Å². The van der Waals surface area contributed by atoms with Gasteiger partial charge in [0.15, 0.2) is 0 Å². The lowest BCUT2D eigenvalue weighted by Gasteiger charge is -2.63. The van der Waals surface area contributed by atoms with E-state index in [2.05, 4.69) is 148 Å². The lowest BCUT2D eigenvalue weighted by molar-refractivity contribution is -0.0443. The lowest BCUT2D eigenvalue weighted by Crippen LogP contribution is -2.57. The number of hydrogen-bond acceptors (Lipinski definition) is 2. The van der Waals surface area contributed by atoms with E-state index in [4.69, 9.17) is 0 Å². The van der Waals surface area contributed by atoms with Crippen LogP contribution in [-0.2, 0) is 16.2 Å². The molecule has 6 aliphatic rings. The number of rotatable bonds is 4. The average molecular weight is 672 g/mol. The lowest BCUT2D eigenvalue weighted by atomic mass is 9.42. The Balaban J connectivity index is 1.14. The maximum absolute atomic E-state index is 2.58. The van der Waals surface area contributed by atoms with Gasteiger partial charge in [-0.2, -0.15) is 0 Å². The summed E-state index contributed by atoms with van der Waals surface area (Å²) in [5.41, 5.74) is 13.0. The second kappa shape index (κ2) is 11.1. The zero-order chi connectivity index (χ0) is 33.8. The van der Waals surface area contributed by atoms with E-state index in [9.17, 15) is 0 Å². The molecule has 1 aliphatic heterocycles. The zero-order valence-electron chi connectivity index (χ0n) is 30.1. The molecular formula is C48H49NS. The molecule has 5 aliphatic carbocycles.